The van der Waals surface area contributed by atoms with E-state index in [0.717, 1.165) is 36.9 Å². The molecule has 136 valence electrons. The Hall–Kier alpha value is -2.04. The number of carbonyl (C=O) groups excluding carboxylic acids is 2. The fourth-order valence-corrected chi connectivity index (χ4v) is 4.37. The minimum Gasteiger partial charge on any atom is -0.467 e. The summed E-state index contributed by atoms with van der Waals surface area (Å²) in [7, 11) is 1.41. The zero-order chi connectivity index (χ0) is 17.8. The van der Waals surface area contributed by atoms with Gasteiger partial charge in [-0.2, -0.15) is 0 Å². The van der Waals surface area contributed by atoms with Crippen LogP contribution in [0.2, 0.25) is 0 Å². The number of carbonyl (C=O) groups is 2. The number of amides is 1. The van der Waals surface area contributed by atoms with Gasteiger partial charge >= 0.3 is 5.97 Å². The maximum atomic E-state index is 12.9. The van der Waals surface area contributed by atoms with Crippen molar-refractivity contribution in [2.75, 3.05) is 19.0 Å². The van der Waals surface area contributed by atoms with E-state index in [9.17, 15) is 9.59 Å². The number of hydrogen-bond donors (Lipinski definition) is 1. The minimum atomic E-state index is -0.399. The quantitative estimate of drug-likeness (QED) is 0.834. The zero-order valence-electron chi connectivity index (χ0n) is 15.2. The maximum Gasteiger partial charge on any atom is 0.328 e. The first-order valence-corrected chi connectivity index (χ1v) is 9.30. The largest absolute Gasteiger partial charge is 0.467 e. The van der Waals surface area contributed by atoms with Crippen molar-refractivity contribution in [1.29, 1.82) is 0 Å². The van der Waals surface area contributed by atoms with Crippen molar-refractivity contribution in [1.82, 2.24) is 4.90 Å². The number of aryl methyl sites for hydroxylation is 1. The second-order valence-corrected chi connectivity index (χ2v) is 7.18. The van der Waals surface area contributed by atoms with Crippen LogP contribution in [0, 0.1) is 12.8 Å². The summed E-state index contributed by atoms with van der Waals surface area (Å²) in [5.74, 6) is 0.242. The Kier molecular flexibility index (Phi) is 5.61. The third-order valence-corrected chi connectivity index (χ3v) is 5.65. The second kappa shape index (κ2) is 7.89. The molecule has 1 aromatic carbocycles. The number of likely N-dealkylation sites (tertiary alicyclic amines) is 1. The molecule has 0 bridgehead atoms. The van der Waals surface area contributed by atoms with E-state index in [1.165, 1.54) is 13.5 Å². The number of benzene rings is 1. The van der Waals surface area contributed by atoms with Gasteiger partial charge in [0.05, 0.1) is 7.11 Å². The molecule has 0 spiro atoms. The number of hydrogen-bond acceptors (Lipinski definition) is 4. The Morgan fingerprint density at radius 2 is 2.00 bits per heavy atom. The lowest BCUT2D eigenvalue weighted by molar-refractivity contribution is -0.152. The molecule has 3 atom stereocenters. The molecule has 1 N–H and O–H groups in total. The van der Waals surface area contributed by atoms with Gasteiger partial charge in [-0.25, -0.2) is 4.79 Å². The van der Waals surface area contributed by atoms with Crippen LogP contribution >= 0.6 is 0 Å². The Morgan fingerprint density at radius 1 is 1.24 bits per heavy atom. The van der Waals surface area contributed by atoms with Crippen LogP contribution in [0.15, 0.2) is 24.3 Å². The first-order chi connectivity index (χ1) is 12.1. The van der Waals surface area contributed by atoms with Crippen LogP contribution in [0.4, 0.5) is 5.69 Å². The fourth-order valence-electron chi connectivity index (χ4n) is 4.37. The molecule has 5 heteroatoms. The minimum absolute atomic E-state index is 0.0610. The smallest absolute Gasteiger partial charge is 0.328 e. The third kappa shape index (κ3) is 3.80. The van der Waals surface area contributed by atoms with Gasteiger partial charge in [0.1, 0.15) is 6.04 Å². The lowest BCUT2D eigenvalue weighted by atomic mass is 9.84. The van der Waals surface area contributed by atoms with Crippen LogP contribution < -0.4 is 5.32 Å². The highest BCUT2D eigenvalue weighted by molar-refractivity contribution is 5.86. The van der Waals surface area contributed by atoms with Gasteiger partial charge < -0.3 is 15.0 Å². The summed E-state index contributed by atoms with van der Waals surface area (Å²) in [5.41, 5.74) is 2.22. The van der Waals surface area contributed by atoms with Crippen LogP contribution in [0.25, 0.3) is 0 Å². The number of ether oxygens (including phenoxy) is 1. The van der Waals surface area contributed by atoms with Gasteiger partial charge in [0, 0.05) is 24.7 Å². The van der Waals surface area contributed by atoms with Gasteiger partial charge in [-0.3, -0.25) is 4.79 Å². The summed E-state index contributed by atoms with van der Waals surface area (Å²) in [5, 5.41) is 3.33. The molecule has 25 heavy (non-hydrogen) atoms. The molecule has 1 aliphatic heterocycles. The van der Waals surface area contributed by atoms with Gasteiger partial charge in [0.15, 0.2) is 0 Å². The molecule has 0 radical (unpaired) electrons. The van der Waals surface area contributed by atoms with E-state index in [2.05, 4.69) is 5.32 Å². The molecular weight excluding hydrogens is 316 g/mol. The highest BCUT2D eigenvalue weighted by Gasteiger charge is 2.47. The molecule has 2 fully saturated rings. The SMILES string of the molecule is COC(=O)C1CC2CCCCC2N1C(=O)CCNc1ccccc1C. The van der Waals surface area contributed by atoms with Crippen molar-refractivity contribution in [3.8, 4) is 0 Å². The topological polar surface area (TPSA) is 58.6 Å². The summed E-state index contributed by atoms with van der Waals surface area (Å²) in [6, 6.07) is 7.86. The number of methoxy groups -OCH3 is 1. The summed E-state index contributed by atoms with van der Waals surface area (Å²) in [6.45, 7) is 2.62. The molecule has 1 amide bonds. The highest BCUT2D eigenvalue weighted by Crippen LogP contribution is 2.40. The number of anilines is 1. The molecule has 1 heterocycles. The maximum absolute atomic E-state index is 12.9. The fraction of sp³-hybridized carbons (Fsp3) is 0.600. The van der Waals surface area contributed by atoms with E-state index in [0.29, 0.717) is 18.9 Å². The molecule has 3 rings (SSSR count). The predicted octanol–water partition coefficient (Wildman–Crippen LogP) is 3.13. The van der Waals surface area contributed by atoms with E-state index in [1.807, 2.05) is 36.1 Å². The standard InChI is InChI=1S/C20H28N2O3/c1-14-7-3-5-9-16(14)21-12-11-19(23)22-17-10-6-4-8-15(17)13-18(22)20(24)25-2/h3,5,7,9,15,17-18,21H,4,6,8,10-13H2,1-2H3. The van der Waals surface area contributed by atoms with Gasteiger partial charge in [-0.1, -0.05) is 31.0 Å². The number of rotatable bonds is 5. The van der Waals surface area contributed by atoms with Gasteiger partial charge in [-0.05, 0) is 43.7 Å². The molecule has 1 saturated heterocycles. The third-order valence-electron chi connectivity index (χ3n) is 5.65. The molecule has 5 nitrogen and oxygen atoms in total. The molecule has 2 aliphatic rings. The number of para-hydroxylation sites is 1. The Balaban J connectivity index is 1.63. The molecule has 0 aromatic heterocycles. The zero-order valence-corrected chi connectivity index (χ0v) is 15.2. The number of fused-ring (bicyclic) bond motifs is 1. The van der Waals surface area contributed by atoms with Crippen LogP contribution in [-0.2, 0) is 14.3 Å². The van der Waals surface area contributed by atoms with E-state index in [-0.39, 0.29) is 17.9 Å². The van der Waals surface area contributed by atoms with E-state index in [1.54, 1.807) is 0 Å². The van der Waals surface area contributed by atoms with Crippen molar-refractivity contribution in [2.24, 2.45) is 5.92 Å². The Bertz CT molecular complexity index is 631. The highest BCUT2D eigenvalue weighted by atomic mass is 16.5. The average Bonchev–Trinajstić information content (AvgIpc) is 3.02. The Labute approximate surface area is 149 Å². The van der Waals surface area contributed by atoms with Gasteiger partial charge in [0.2, 0.25) is 5.91 Å². The van der Waals surface area contributed by atoms with Gasteiger partial charge in [0.25, 0.3) is 0 Å². The van der Waals surface area contributed by atoms with Crippen molar-refractivity contribution in [3.63, 3.8) is 0 Å². The lowest BCUT2D eigenvalue weighted by Gasteiger charge is -2.33. The average molecular weight is 344 g/mol. The number of nitrogens with zero attached hydrogens (tertiary/aromatic N) is 1. The summed E-state index contributed by atoms with van der Waals surface area (Å²) in [4.78, 5) is 26.9. The number of nitrogens with one attached hydrogen (secondary N) is 1. The second-order valence-electron chi connectivity index (χ2n) is 7.18. The lowest BCUT2D eigenvalue weighted by Crippen LogP contribution is -2.47. The molecule has 1 saturated carbocycles. The summed E-state index contributed by atoms with van der Waals surface area (Å²) < 4.78 is 4.96. The van der Waals surface area contributed by atoms with E-state index >= 15 is 0 Å². The van der Waals surface area contributed by atoms with Crippen LogP contribution in [-0.4, -0.2) is 42.5 Å². The monoisotopic (exact) mass is 344 g/mol. The van der Waals surface area contributed by atoms with Crippen molar-refractivity contribution in [3.05, 3.63) is 29.8 Å². The van der Waals surface area contributed by atoms with Crippen LogP contribution in [0.1, 0.15) is 44.1 Å². The van der Waals surface area contributed by atoms with Crippen molar-refractivity contribution in [2.45, 2.75) is 57.5 Å². The van der Waals surface area contributed by atoms with E-state index in [4.69, 9.17) is 4.74 Å². The number of esters is 1. The summed E-state index contributed by atoms with van der Waals surface area (Å²) >= 11 is 0. The van der Waals surface area contributed by atoms with E-state index < -0.39 is 6.04 Å². The first-order valence-electron chi connectivity index (χ1n) is 9.30. The van der Waals surface area contributed by atoms with Crippen LogP contribution in [0.3, 0.4) is 0 Å². The van der Waals surface area contributed by atoms with Crippen molar-refractivity contribution < 1.29 is 14.3 Å². The molecule has 1 aliphatic carbocycles. The Morgan fingerprint density at radius 3 is 2.76 bits per heavy atom. The predicted molar refractivity (Wildman–Crippen MR) is 97.3 cm³/mol. The molecular formula is C20H28N2O3. The molecule has 3 unspecified atom stereocenters. The normalized spacial score (nSPS) is 25.4. The van der Waals surface area contributed by atoms with Gasteiger partial charge in [-0.15, -0.1) is 0 Å². The van der Waals surface area contributed by atoms with Crippen LogP contribution in [0.5, 0.6) is 0 Å². The summed E-state index contributed by atoms with van der Waals surface area (Å²) in [6.07, 6.45) is 5.62. The molecule has 1 aromatic rings. The van der Waals surface area contributed by atoms with Crippen molar-refractivity contribution >= 4 is 17.6 Å². The first kappa shape index (κ1) is 17.8.